The van der Waals surface area contributed by atoms with Crippen molar-refractivity contribution in [1.29, 1.82) is 0 Å². The van der Waals surface area contributed by atoms with Crippen LogP contribution in [0.2, 0.25) is 0 Å². The molecule has 28 heavy (non-hydrogen) atoms. The number of aliphatic carboxylic acids is 1. The molecule has 0 aromatic heterocycles. The minimum absolute atomic E-state index is 0.703. The molecular formula is C15H28N2O11. The molecule has 0 spiro atoms. The highest BCUT2D eigenvalue weighted by Gasteiger charge is 2.57. The molecule has 13 heteroatoms. The van der Waals surface area contributed by atoms with E-state index in [4.69, 9.17) is 25.7 Å². The van der Waals surface area contributed by atoms with Crippen molar-refractivity contribution in [3.63, 3.8) is 0 Å². The fourth-order valence-corrected chi connectivity index (χ4v) is 3.41. The number of aliphatic hydroxyl groups excluding tert-OH is 6. The van der Waals surface area contributed by atoms with Crippen LogP contribution < -0.4 is 11.5 Å². The van der Waals surface area contributed by atoms with Gasteiger partial charge in [-0.05, 0) is 6.92 Å². The quantitative estimate of drug-likeness (QED) is 0.198. The highest BCUT2D eigenvalue weighted by atomic mass is 16.6. The first-order valence-electron chi connectivity index (χ1n) is 8.66. The lowest BCUT2D eigenvalue weighted by molar-refractivity contribution is -0.296. The van der Waals surface area contributed by atoms with Crippen LogP contribution in [0.5, 0.6) is 0 Å². The zero-order valence-electron chi connectivity index (χ0n) is 15.1. The van der Waals surface area contributed by atoms with Crippen molar-refractivity contribution in [1.82, 2.24) is 0 Å². The van der Waals surface area contributed by atoms with Gasteiger partial charge in [0.15, 0.2) is 11.9 Å². The molecule has 0 saturated carbocycles. The van der Waals surface area contributed by atoms with E-state index in [0.29, 0.717) is 0 Å². The van der Waals surface area contributed by atoms with Gasteiger partial charge in [-0.25, -0.2) is 4.79 Å². The average Bonchev–Trinajstić information content (AvgIpc) is 2.66. The fraction of sp³-hybridized carbons (Fsp3) is 0.933. The van der Waals surface area contributed by atoms with Gasteiger partial charge in [0.05, 0.1) is 25.3 Å². The molecule has 0 aromatic carbocycles. The molecule has 2 aliphatic heterocycles. The summed E-state index contributed by atoms with van der Waals surface area (Å²) in [7, 11) is 0. The number of hydrogen-bond acceptors (Lipinski definition) is 12. The first-order valence-corrected chi connectivity index (χ1v) is 8.66. The smallest absolute Gasteiger partial charge is 0.338 e. The molecule has 0 aromatic rings. The summed E-state index contributed by atoms with van der Waals surface area (Å²) < 4.78 is 15.9. The number of carbonyl (C=O) groups is 1. The van der Waals surface area contributed by atoms with Crippen molar-refractivity contribution in [2.45, 2.75) is 73.6 Å². The largest absolute Gasteiger partial charge is 0.479 e. The summed E-state index contributed by atoms with van der Waals surface area (Å²) in [5.41, 5.74) is 9.28. The summed E-state index contributed by atoms with van der Waals surface area (Å²) in [6.07, 6.45) is -12.2. The van der Waals surface area contributed by atoms with Gasteiger partial charge in [0, 0.05) is 0 Å². The van der Waals surface area contributed by atoms with Crippen LogP contribution in [0.4, 0.5) is 0 Å². The van der Waals surface area contributed by atoms with Crippen molar-refractivity contribution in [3.05, 3.63) is 0 Å². The van der Waals surface area contributed by atoms with Crippen molar-refractivity contribution >= 4 is 5.97 Å². The Hall–Kier alpha value is -0.970. The topological polar surface area (TPSA) is 238 Å². The van der Waals surface area contributed by atoms with E-state index in [-0.39, 0.29) is 0 Å². The number of carboxylic acid groups (broad SMARTS) is 1. The molecule has 2 saturated heterocycles. The summed E-state index contributed by atoms with van der Waals surface area (Å²) in [4.78, 5) is 12.0. The van der Waals surface area contributed by atoms with Gasteiger partial charge in [-0.15, -0.1) is 0 Å². The third-order valence-corrected chi connectivity index (χ3v) is 5.24. The molecule has 0 amide bonds. The minimum Gasteiger partial charge on any atom is -0.479 e. The maximum Gasteiger partial charge on any atom is 0.338 e. The Labute approximate surface area is 160 Å². The van der Waals surface area contributed by atoms with E-state index in [1.807, 2.05) is 0 Å². The van der Waals surface area contributed by atoms with Gasteiger partial charge in [-0.1, -0.05) is 0 Å². The Balaban J connectivity index is 2.35. The number of carboxylic acids is 1. The molecular weight excluding hydrogens is 384 g/mol. The number of rotatable bonds is 6. The molecule has 0 aliphatic carbocycles. The molecule has 2 heterocycles. The number of ether oxygens (including phenoxy) is 3. The standard InChI is InChI=1S/C15H28N2O11/c1-15(14(24)25,12-6(16)10(22)8(20)4(2-18)26-12)28-11-7(17)13(23)27-5(3-19)9(11)21/h4-13,18-23H,2-3,16-17H2,1H3,(H,24,25)/t4-,5-,6-,7-,8-,9-,10-,11-,12?,13+,15?/m1/s1. The second-order valence-corrected chi connectivity index (χ2v) is 7.15. The van der Waals surface area contributed by atoms with Crippen LogP contribution in [0.25, 0.3) is 0 Å². The van der Waals surface area contributed by atoms with E-state index in [9.17, 15) is 40.5 Å². The zero-order valence-corrected chi connectivity index (χ0v) is 15.1. The Bertz CT molecular complexity index is 552. The Morgan fingerprint density at radius 2 is 1.50 bits per heavy atom. The van der Waals surface area contributed by atoms with Gasteiger partial charge in [0.1, 0.15) is 42.7 Å². The summed E-state index contributed by atoms with van der Waals surface area (Å²) in [5, 5.41) is 68.6. The zero-order chi connectivity index (χ0) is 21.4. The lowest BCUT2D eigenvalue weighted by Gasteiger charge is -2.49. The maximum atomic E-state index is 12.0. The van der Waals surface area contributed by atoms with E-state index in [1.165, 1.54) is 0 Å². The van der Waals surface area contributed by atoms with Crippen molar-refractivity contribution in [2.75, 3.05) is 13.2 Å². The Kier molecular flexibility index (Phi) is 7.33. The predicted molar refractivity (Wildman–Crippen MR) is 88.6 cm³/mol. The third-order valence-electron chi connectivity index (χ3n) is 5.24. The van der Waals surface area contributed by atoms with E-state index < -0.39 is 85.9 Å². The Morgan fingerprint density at radius 1 is 0.964 bits per heavy atom. The lowest BCUT2D eigenvalue weighted by atomic mass is 9.83. The van der Waals surface area contributed by atoms with Gasteiger partial charge < -0.3 is 61.4 Å². The second-order valence-electron chi connectivity index (χ2n) is 7.15. The molecule has 164 valence electrons. The van der Waals surface area contributed by atoms with E-state index in [2.05, 4.69) is 0 Å². The van der Waals surface area contributed by atoms with Crippen LogP contribution >= 0.6 is 0 Å². The monoisotopic (exact) mass is 412 g/mol. The van der Waals surface area contributed by atoms with Crippen molar-refractivity contribution in [2.24, 2.45) is 11.5 Å². The molecule has 0 radical (unpaired) electrons. The summed E-state index contributed by atoms with van der Waals surface area (Å²) in [6, 6.07) is -2.83. The van der Waals surface area contributed by atoms with Crippen molar-refractivity contribution in [3.8, 4) is 0 Å². The molecule has 2 unspecified atom stereocenters. The van der Waals surface area contributed by atoms with Gasteiger partial charge in [-0.2, -0.15) is 0 Å². The van der Waals surface area contributed by atoms with E-state index >= 15 is 0 Å². The van der Waals surface area contributed by atoms with Gasteiger partial charge in [-0.3, -0.25) is 0 Å². The van der Waals surface area contributed by atoms with Crippen LogP contribution in [0.1, 0.15) is 6.92 Å². The van der Waals surface area contributed by atoms with E-state index in [1.54, 1.807) is 0 Å². The minimum atomic E-state index is -2.33. The average molecular weight is 412 g/mol. The molecule has 11 atom stereocenters. The molecule has 2 aliphatic rings. The predicted octanol–water partition coefficient (Wildman–Crippen LogP) is -5.58. The first-order chi connectivity index (χ1) is 13.0. The Morgan fingerprint density at radius 3 is 2.00 bits per heavy atom. The van der Waals surface area contributed by atoms with Gasteiger partial charge in [0.25, 0.3) is 0 Å². The van der Waals surface area contributed by atoms with Crippen LogP contribution in [-0.2, 0) is 19.0 Å². The maximum absolute atomic E-state index is 12.0. The van der Waals surface area contributed by atoms with E-state index in [0.717, 1.165) is 6.92 Å². The first kappa shape index (κ1) is 23.3. The van der Waals surface area contributed by atoms with Crippen molar-refractivity contribution < 1.29 is 54.8 Å². The summed E-state index contributed by atoms with van der Waals surface area (Å²) in [5.74, 6) is -1.60. The van der Waals surface area contributed by atoms with Crippen LogP contribution in [0, 0.1) is 0 Å². The number of aliphatic hydroxyl groups is 6. The molecule has 0 bridgehead atoms. The molecule has 13 nitrogen and oxygen atoms in total. The highest BCUT2D eigenvalue weighted by molar-refractivity contribution is 5.78. The normalized spacial score (nSPS) is 46.8. The molecule has 11 N–H and O–H groups in total. The molecule has 2 fully saturated rings. The fourth-order valence-electron chi connectivity index (χ4n) is 3.41. The molecule has 2 rings (SSSR count). The van der Waals surface area contributed by atoms with Crippen LogP contribution in [0.15, 0.2) is 0 Å². The summed E-state index contributed by atoms with van der Waals surface area (Å²) in [6.45, 7) is -0.388. The third kappa shape index (κ3) is 4.01. The lowest BCUT2D eigenvalue weighted by Crippen LogP contribution is -2.72. The van der Waals surface area contributed by atoms with Gasteiger partial charge >= 0.3 is 5.97 Å². The number of nitrogens with two attached hydrogens (primary N) is 2. The second kappa shape index (κ2) is 8.81. The highest BCUT2D eigenvalue weighted by Crippen LogP contribution is 2.33. The summed E-state index contributed by atoms with van der Waals surface area (Å²) >= 11 is 0. The van der Waals surface area contributed by atoms with Crippen LogP contribution in [0.3, 0.4) is 0 Å². The SMILES string of the molecule is CC(O[C@@H]1[C@@H](N)[C@@H](O)O[C@H](CO)[C@H]1O)(C(=O)O)C1O[C@H](CO)[C@@H](O)[C@H](O)[C@H]1N. The van der Waals surface area contributed by atoms with Crippen LogP contribution in [-0.4, -0.2) is 122 Å². The van der Waals surface area contributed by atoms with Gasteiger partial charge in [0.2, 0.25) is 0 Å². The number of hydrogen-bond donors (Lipinski definition) is 9.